The minimum atomic E-state index is -0.914. The summed E-state index contributed by atoms with van der Waals surface area (Å²) in [5.41, 5.74) is 6.37. The number of carbonyl (C=O) groups excluding carboxylic acids is 2. The van der Waals surface area contributed by atoms with E-state index in [1.807, 2.05) is 6.07 Å². The molecule has 0 aliphatic rings. The number of hydrogen-bond donors (Lipinski definition) is 2. The van der Waals surface area contributed by atoms with E-state index < -0.39 is 12.2 Å². The number of nitriles is 1. The van der Waals surface area contributed by atoms with Crippen molar-refractivity contribution in [1.82, 2.24) is 5.32 Å². The molecule has 6 nitrogen and oxygen atoms in total. The topological polar surface area (TPSA) is 105 Å². The number of nitrogens with two attached hydrogens (primary N) is 1. The van der Waals surface area contributed by atoms with Gasteiger partial charge in [-0.1, -0.05) is 12.1 Å². The number of ether oxygens (including phenoxy) is 1. The van der Waals surface area contributed by atoms with Gasteiger partial charge in [0.2, 0.25) is 5.91 Å². The molecule has 3 N–H and O–H groups in total. The maximum Gasteiger partial charge on any atom is 0.404 e. The molecule has 0 radical (unpaired) electrons. The Labute approximate surface area is 111 Å². The fourth-order valence-corrected chi connectivity index (χ4v) is 1.61. The van der Waals surface area contributed by atoms with Gasteiger partial charge in [0, 0.05) is 13.5 Å². The van der Waals surface area contributed by atoms with E-state index in [0.29, 0.717) is 12.0 Å². The number of hydrogen-bond acceptors (Lipinski definition) is 4. The number of rotatable bonds is 5. The number of amides is 2. The molecule has 1 rings (SSSR count). The van der Waals surface area contributed by atoms with Gasteiger partial charge in [-0.05, 0) is 17.7 Å². The molecule has 1 atom stereocenters. The average Bonchev–Trinajstić information content (AvgIpc) is 2.38. The second-order valence-electron chi connectivity index (χ2n) is 3.95. The summed E-state index contributed by atoms with van der Waals surface area (Å²) in [7, 11) is 1.51. The summed E-state index contributed by atoms with van der Waals surface area (Å²) in [5.74, 6) is -0.236. The Balaban J connectivity index is 2.72. The highest BCUT2D eigenvalue weighted by Crippen LogP contribution is 2.11. The number of benzene rings is 1. The molecule has 1 aromatic carbocycles. The Kier molecular flexibility index (Phi) is 5.35. The average molecular weight is 261 g/mol. The summed E-state index contributed by atoms with van der Waals surface area (Å²) >= 11 is 0. The van der Waals surface area contributed by atoms with Crippen molar-refractivity contribution in [2.45, 2.75) is 18.9 Å². The monoisotopic (exact) mass is 261 g/mol. The lowest BCUT2D eigenvalue weighted by molar-refractivity contribution is -0.122. The van der Waals surface area contributed by atoms with Crippen LogP contribution < -0.4 is 11.1 Å². The van der Waals surface area contributed by atoms with Gasteiger partial charge in [-0.15, -0.1) is 0 Å². The zero-order valence-electron chi connectivity index (χ0n) is 10.6. The van der Waals surface area contributed by atoms with E-state index in [-0.39, 0.29) is 12.3 Å². The van der Waals surface area contributed by atoms with Crippen molar-refractivity contribution in [1.29, 1.82) is 5.26 Å². The van der Waals surface area contributed by atoms with Gasteiger partial charge >= 0.3 is 6.09 Å². The Bertz CT molecular complexity index is 491. The predicted octanol–water partition coefficient (Wildman–Crippen LogP) is 0.701. The van der Waals surface area contributed by atoms with Gasteiger partial charge < -0.3 is 15.8 Å². The summed E-state index contributed by atoms with van der Waals surface area (Å²) in [6.45, 7) is 0. The van der Waals surface area contributed by atoms with Crippen molar-refractivity contribution in [2.24, 2.45) is 5.73 Å². The predicted molar refractivity (Wildman–Crippen MR) is 68.0 cm³/mol. The SMILES string of the molecule is CNC(=O)C[C@@H](Cc1ccc(C#N)cc1)OC(N)=O. The van der Waals surface area contributed by atoms with E-state index in [1.165, 1.54) is 7.05 Å². The van der Waals surface area contributed by atoms with Crippen LogP contribution in [0.25, 0.3) is 0 Å². The summed E-state index contributed by atoms with van der Waals surface area (Å²) in [6, 6.07) is 8.84. The molecule has 19 heavy (non-hydrogen) atoms. The molecule has 1 aromatic rings. The maximum atomic E-state index is 11.3. The minimum Gasteiger partial charge on any atom is -0.445 e. The van der Waals surface area contributed by atoms with Crippen molar-refractivity contribution in [3.8, 4) is 6.07 Å². The Morgan fingerprint density at radius 1 is 1.42 bits per heavy atom. The third kappa shape index (κ3) is 5.08. The van der Waals surface area contributed by atoms with E-state index in [2.05, 4.69) is 5.32 Å². The van der Waals surface area contributed by atoms with Crippen molar-refractivity contribution in [2.75, 3.05) is 7.05 Å². The van der Waals surface area contributed by atoms with Crippen molar-refractivity contribution >= 4 is 12.0 Å². The van der Waals surface area contributed by atoms with E-state index in [4.69, 9.17) is 15.7 Å². The molecule has 100 valence electrons. The Morgan fingerprint density at radius 3 is 2.53 bits per heavy atom. The highest BCUT2D eigenvalue weighted by Gasteiger charge is 2.17. The molecule has 0 saturated carbocycles. The third-order valence-electron chi connectivity index (χ3n) is 2.52. The van der Waals surface area contributed by atoms with E-state index in [9.17, 15) is 9.59 Å². The number of nitrogens with zero attached hydrogens (tertiary/aromatic N) is 1. The number of primary amides is 1. The molecular weight excluding hydrogens is 246 g/mol. The lowest BCUT2D eigenvalue weighted by atomic mass is 10.0. The van der Waals surface area contributed by atoms with Crippen molar-refractivity contribution in [3.63, 3.8) is 0 Å². The minimum absolute atomic E-state index is 0.0411. The first-order chi connectivity index (χ1) is 9.05. The lowest BCUT2D eigenvalue weighted by Crippen LogP contribution is -2.30. The van der Waals surface area contributed by atoms with E-state index in [0.717, 1.165) is 5.56 Å². The van der Waals surface area contributed by atoms with Gasteiger partial charge in [0.15, 0.2) is 0 Å². The van der Waals surface area contributed by atoms with Gasteiger partial charge in [0.1, 0.15) is 6.10 Å². The normalized spacial score (nSPS) is 11.2. The summed E-state index contributed by atoms with van der Waals surface area (Å²) < 4.78 is 4.90. The molecular formula is C13H15N3O3. The standard InChI is InChI=1S/C13H15N3O3/c1-16-12(17)7-11(19-13(15)18)6-9-2-4-10(8-14)5-3-9/h2-5,11H,6-7H2,1H3,(H2,15,18)(H,16,17)/t11-/m1/s1. The summed E-state index contributed by atoms with van der Waals surface area (Å²) in [6.07, 6.45) is -1.13. The molecule has 0 spiro atoms. The van der Waals surface area contributed by atoms with Crippen molar-refractivity contribution in [3.05, 3.63) is 35.4 Å². The molecule has 0 aliphatic heterocycles. The van der Waals surface area contributed by atoms with Gasteiger partial charge in [0.05, 0.1) is 18.1 Å². The quantitative estimate of drug-likeness (QED) is 0.813. The van der Waals surface area contributed by atoms with Crippen LogP contribution in [0.1, 0.15) is 17.5 Å². The second-order valence-corrected chi connectivity index (χ2v) is 3.95. The molecule has 0 unspecified atom stereocenters. The molecule has 0 bridgehead atoms. The first-order valence-corrected chi connectivity index (χ1v) is 5.71. The fourth-order valence-electron chi connectivity index (χ4n) is 1.61. The van der Waals surface area contributed by atoms with E-state index >= 15 is 0 Å². The van der Waals surface area contributed by atoms with Crippen molar-refractivity contribution < 1.29 is 14.3 Å². The summed E-state index contributed by atoms with van der Waals surface area (Å²) in [5, 5.41) is 11.1. The van der Waals surface area contributed by atoms with Crippen LogP contribution in [0.3, 0.4) is 0 Å². The van der Waals surface area contributed by atoms with Crippen LogP contribution in [0.4, 0.5) is 4.79 Å². The zero-order chi connectivity index (χ0) is 14.3. The van der Waals surface area contributed by atoms with Gasteiger partial charge in [-0.25, -0.2) is 4.79 Å². The number of nitrogens with one attached hydrogen (secondary N) is 1. The molecule has 2 amide bonds. The van der Waals surface area contributed by atoms with Crippen LogP contribution in [0, 0.1) is 11.3 Å². The zero-order valence-corrected chi connectivity index (χ0v) is 10.6. The van der Waals surface area contributed by atoms with Crippen LogP contribution in [0.15, 0.2) is 24.3 Å². The van der Waals surface area contributed by atoms with Gasteiger partial charge in [0.25, 0.3) is 0 Å². The fraction of sp³-hybridized carbons (Fsp3) is 0.308. The maximum absolute atomic E-state index is 11.3. The highest BCUT2D eigenvalue weighted by molar-refractivity contribution is 5.76. The molecule has 0 aromatic heterocycles. The molecule has 0 fully saturated rings. The molecule has 0 heterocycles. The molecule has 0 saturated heterocycles. The largest absolute Gasteiger partial charge is 0.445 e. The first kappa shape index (κ1) is 14.5. The second kappa shape index (κ2) is 7.01. The smallest absolute Gasteiger partial charge is 0.404 e. The summed E-state index contributed by atoms with van der Waals surface area (Å²) in [4.78, 5) is 22.1. The molecule has 0 aliphatic carbocycles. The Morgan fingerprint density at radius 2 is 2.05 bits per heavy atom. The van der Waals surface area contributed by atoms with Crippen LogP contribution in [0.2, 0.25) is 0 Å². The lowest BCUT2D eigenvalue weighted by Gasteiger charge is -2.15. The highest BCUT2D eigenvalue weighted by atomic mass is 16.6. The molecule has 6 heteroatoms. The van der Waals surface area contributed by atoms with Gasteiger partial charge in [-0.2, -0.15) is 5.26 Å². The van der Waals surface area contributed by atoms with E-state index in [1.54, 1.807) is 24.3 Å². The van der Waals surface area contributed by atoms with Crippen LogP contribution in [-0.2, 0) is 16.0 Å². The third-order valence-corrected chi connectivity index (χ3v) is 2.52. The first-order valence-electron chi connectivity index (χ1n) is 5.71. The number of carbonyl (C=O) groups is 2. The Hall–Kier alpha value is -2.55. The van der Waals surface area contributed by atoms with Crippen LogP contribution >= 0.6 is 0 Å². The van der Waals surface area contributed by atoms with Crippen LogP contribution in [0.5, 0.6) is 0 Å². The van der Waals surface area contributed by atoms with Gasteiger partial charge in [-0.3, -0.25) is 4.79 Å². The van der Waals surface area contributed by atoms with Crippen LogP contribution in [-0.4, -0.2) is 25.2 Å².